The van der Waals surface area contributed by atoms with Crippen LogP contribution in [0.4, 0.5) is 0 Å². The number of benzene rings is 1. The van der Waals surface area contributed by atoms with Crippen LogP contribution in [-0.2, 0) is 6.54 Å². The van der Waals surface area contributed by atoms with E-state index in [2.05, 4.69) is 0 Å². The fourth-order valence-corrected chi connectivity index (χ4v) is 1.77. The summed E-state index contributed by atoms with van der Waals surface area (Å²) in [6, 6.07) is 9.58. The molecule has 0 saturated carbocycles. The second-order valence-electron chi connectivity index (χ2n) is 4.28. The molecule has 0 amide bonds. The van der Waals surface area contributed by atoms with Crippen molar-refractivity contribution in [3.63, 3.8) is 0 Å². The van der Waals surface area contributed by atoms with Gasteiger partial charge in [-0.2, -0.15) is 0 Å². The third kappa shape index (κ3) is 3.85. The number of ether oxygens (including phenoxy) is 2. The van der Waals surface area contributed by atoms with Crippen LogP contribution in [-0.4, -0.2) is 29.4 Å². The minimum atomic E-state index is -1.07. The fourth-order valence-electron chi connectivity index (χ4n) is 1.77. The topological polar surface area (TPSA) is 77.8 Å². The van der Waals surface area contributed by atoms with Crippen molar-refractivity contribution in [2.24, 2.45) is 0 Å². The SMILES string of the molecule is COc1ccc(OCCn2cc(C(=O)O)ccc2=O)cc1. The molecule has 0 aliphatic carbocycles. The van der Waals surface area contributed by atoms with Gasteiger partial charge in [0, 0.05) is 12.3 Å². The zero-order valence-corrected chi connectivity index (χ0v) is 11.5. The lowest BCUT2D eigenvalue weighted by Gasteiger charge is -2.09. The molecule has 2 aromatic rings. The summed E-state index contributed by atoms with van der Waals surface area (Å²) in [6.07, 6.45) is 1.31. The van der Waals surface area contributed by atoms with E-state index in [0.29, 0.717) is 5.75 Å². The molecule has 6 heteroatoms. The number of aromatic carboxylic acids is 1. The molecule has 1 heterocycles. The van der Waals surface area contributed by atoms with Gasteiger partial charge in [0.25, 0.3) is 5.56 Å². The molecule has 1 aromatic carbocycles. The summed E-state index contributed by atoms with van der Waals surface area (Å²) < 4.78 is 11.9. The van der Waals surface area contributed by atoms with Crippen molar-refractivity contribution in [2.45, 2.75) is 6.54 Å². The van der Waals surface area contributed by atoms with Gasteiger partial charge in [-0.15, -0.1) is 0 Å². The highest BCUT2D eigenvalue weighted by Crippen LogP contribution is 2.16. The molecule has 6 nitrogen and oxygen atoms in total. The lowest BCUT2D eigenvalue weighted by molar-refractivity contribution is 0.0695. The number of hydrogen-bond acceptors (Lipinski definition) is 4. The van der Waals surface area contributed by atoms with E-state index in [1.165, 1.54) is 22.9 Å². The van der Waals surface area contributed by atoms with E-state index >= 15 is 0 Å². The van der Waals surface area contributed by atoms with Crippen molar-refractivity contribution in [3.8, 4) is 11.5 Å². The first kappa shape index (κ1) is 14.6. The molecule has 0 bridgehead atoms. The maximum absolute atomic E-state index is 11.6. The van der Waals surface area contributed by atoms with Crippen LogP contribution in [0.5, 0.6) is 11.5 Å². The first-order chi connectivity index (χ1) is 10.1. The molecular weight excluding hydrogens is 274 g/mol. The molecule has 2 rings (SSSR count). The Morgan fingerprint density at radius 1 is 1.14 bits per heavy atom. The Kier molecular flexibility index (Phi) is 4.61. The Bertz CT molecular complexity index is 675. The first-order valence-electron chi connectivity index (χ1n) is 6.31. The van der Waals surface area contributed by atoms with Gasteiger partial charge < -0.3 is 19.1 Å². The molecule has 0 radical (unpaired) electrons. The average molecular weight is 289 g/mol. The van der Waals surface area contributed by atoms with Crippen molar-refractivity contribution in [1.29, 1.82) is 0 Å². The lowest BCUT2D eigenvalue weighted by atomic mass is 10.3. The highest BCUT2D eigenvalue weighted by molar-refractivity contribution is 5.87. The molecule has 110 valence electrons. The lowest BCUT2D eigenvalue weighted by Crippen LogP contribution is -2.23. The van der Waals surface area contributed by atoms with Crippen molar-refractivity contribution in [3.05, 3.63) is 58.5 Å². The van der Waals surface area contributed by atoms with Crippen molar-refractivity contribution in [2.75, 3.05) is 13.7 Å². The quantitative estimate of drug-likeness (QED) is 0.874. The average Bonchev–Trinajstić information content (AvgIpc) is 2.49. The minimum Gasteiger partial charge on any atom is -0.497 e. The third-order valence-corrected chi connectivity index (χ3v) is 2.89. The van der Waals surface area contributed by atoms with Crippen LogP contribution < -0.4 is 15.0 Å². The summed E-state index contributed by atoms with van der Waals surface area (Å²) in [5, 5.41) is 8.89. The number of carbonyl (C=O) groups is 1. The van der Waals surface area contributed by atoms with Gasteiger partial charge in [-0.1, -0.05) is 0 Å². The third-order valence-electron chi connectivity index (χ3n) is 2.89. The van der Waals surface area contributed by atoms with Gasteiger partial charge in [-0.05, 0) is 30.3 Å². The van der Waals surface area contributed by atoms with Crippen LogP contribution in [0.1, 0.15) is 10.4 Å². The maximum Gasteiger partial charge on any atom is 0.337 e. The number of carboxylic acid groups (broad SMARTS) is 1. The van der Waals surface area contributed by atoms with Gasteiger partial charge in [0.1, 0.15) is 18.1 Å². The van der Waals surface area contributed by atoms with E-state index in [1.807, 2.05) is 0 Å². The summed E-state index contributed by atoms with van der Waals surface area (Å²) >= 11 is 0. The van der Waals surface area contributed by atoms with E-state index in [4.69, 9.17) is 14.6 Å². The molecule has 1 aromatic heterocycles. The Morgan fingerprint density at radius 3 is 2.43 bits per heavy atom. The number of aromatic nitrogens is 1. The normalized spacial score (nSPS) is 10.1. The minimum absolute atomic E-state index is 0.0686. The second-order valence-corrected chi connectivity index (χ2v) is 4.28. The van der Waals surface area contributed by atoms with Gasteiger partial charge in [0.05, 0.1) is 19.2 Å². The van der Waals surface area contributed by atoms with Crippen molar-refractivity contribution in [1.82, 2.24) is 4.57 Å². The Morgan fingerprint density at radius 2 is 1.81 bits per heavy atom. The molecule has 0 aliphatic rings. The molecule has 1 N–H and O–H groups in total. The number of pyridine rings is 1. The van der Waals surface area contributed by atoms with Crippen LogP contribution in [0, 0.1) is 0 Å². The van der Waals surface area contributed by atoms with E-state index in [1.54, 1.807) is 31.4 Å². The molecular formula is C15H15NO5. The monoisotopic (exact) mass is 289 g/mol. The van der Waals surface area contributed by atoms with Crippen molar-refractivity contribution < 1.29 is 19.4 Å². The van der Waals surface area contributed by atoms with Gasteiger partial charge >= 0.3 is 5.97 Å². The highest BCUT2D eigenvalue weighted by atomic mass is 16.5. The van der Waals surface area contributed by atoms with Crippen molar-refractivity contribution >= 4 is 5.97 Å². The van der Waals surface area contributed by atoms with Crippen LogP contribution in [0.15, 0.2) is 47.4 Å². The number of rotatable bonds is 6. The summed E-state index contributed by atoms with van der Waals surface area (Å²) in [4.78, 5) is 22.5. The summed E-state index contributed by atoms with van der Waals surface area (Å²) in [7, 11) is 1.58. The van der Waals surface area contributed by atoms with Gasteiger partial charge in [-0.25, -0.2) is 4.79 Å². The molecule has 0 saturated heterocycles. The molecule has 0 fully saturated rings. The van der Waals surface area contributed by atoms with Gasteiger partial charge in [-0.3, -0.25) is 4.79 Å². The number of methoxy groups -OCH3 is 1. The second kappa shape index (κ2) is 6.60. The van der Waals surface area contributed by atoms with Gasteiger partial charge in [0.15, 0.2) is 0 Å². The molecule has 0 atom stereocenters. The van der Waals surface area contributed by atoms with E-state index in [0.717, 1.165) is 5.75 Å². The molecule has 0 spiro atoms. The molecule has 21 heavy (non-hydrogen) atoms. The maximum atomic E-state index is 11.6. The summed E-state index contributed by atoms with van der Waals surface area (Å²) in [6.45, 7) is 0.529. The molecule has 0 unspecified atom stereocenters. The smallest absolute Gasteiger partial charge is 0.337 e. The summed E-state index contributed by atoms with van der Waals surface area (Å²) in [5.74, 6) is 0.311. The number of hydrogen-bond donors (Lipinski definition) is 1. The summed E-state index contributed by atoms with van der Waals surface area (Å²) in [5.41, 5.74) is -0.197. The Balaban J connectivity index is 1.98. The van der Waals surface area contributed by atoms with E-state index in [-0.39, 0.29) is 24.3 Å². The van der Waals surface area contributed by atoms with Crippen LogP contribution in [0.25, 0.3) is 0 Å². The van der Waals surface area contributed by atoms with E-state index in [9.17, 15) is 9.59 Å². The number of carboxylic acids is 1. The predicted octanol–water partition coefficient (Wildman–Crippen LogP) is 1.63. The number of nitrogens with zero attached hydrogens (tertiary/aromatic N) is 1. The zero-order valence-electron chi connectivity index (χ0n) is 11.5. The Labute approximate surface area is 121 Å². The first-order valence-corrected chi connectivity index (χ1v) is 6.31. The van der Waals surface area contributed by atoms with Crippen LogP contribution in [0.2, 0.25) is 0 Å². The fraction of sp³-hybridized carbons (Fsp3) is 0.200. The highest BCUT2D eigenvalue weighted by Gasteiger charge is 2.05. The standard InChI is InChI=1S/C15H15NO5/c1-20-12-3-5-13(6-4-12)21-9-8-16-10-11(15(18)19)2-7-14(16)17/h2-7,10H,8-9H2,1H3,(H,18,19). The zero-order chi connectivity index (χ0) is 15.2. The van der Waals surface area contributed by atoms with E-state index < -0.39 is 5.97 Å². The molecule has 0 aliphatic heterocycles. The predicted molar refractivity (Wildman–Crippen MR) is 76.2 cm³/mol. The largest absolute Gasteiger partial charge is 0.497 e. The van der Waals surface area contributed by atoms with Gasteiger partial charge in [0.2, 0.25) is 0 Å². The van der Waals surface area contributed by atoms with Crippen LogP contribution >= 0.6 is 0 Å². The van der Waals surface area contributed by atoms with Crippen LogP contribution in [0.3, 0.4) is 0 Å². The Hall–Kier alpha value is -2.76.